The summed E-state index contributed by atoms with van der Waals surface area (Å²) < 4.78 is 16.9. The van der Waals surface area contributed by atoms with Gasteiger partial charge in [0, 0.05) is 25.7 Å². The van der Waals surface area contributed by atoms with Gasteiger partial charge in [-0.3, -0.25) is 10.3 Å². The molecule has 0 amide bonds. The molecule has 242 valence electrons. The van der Waals surface area contributed by atoms with Crippen LogP contribution in [0.15, 0.2) is 72.4 Å². The number of hydrogen-bond acceptors (Lipinski definition) is 8. The molecule has 1 aliphatic rings. The van der Waals surface area contributed by atoms with Gasteiger partial charge in [0.2, 0.25) is 0 Å². The van der Waals surface area contributed by atoms with Crippen LogP contribution in [0.1, 0.15) is 42.9 Å². The Morgan fingerprint density at radius 1 is 0.978 bits per heavy atom. The summed E-state index contributed by atoms with van der Waals surface area (Å²) in [5.74, 6) is 0.164. The highest BCUT2D eigenvalue weighted by molar-refractivity contribution is 6.42. The van der Waals surface area contributed by atoms with Crippen molar-refractivity contribution in [2.45, 2.75) is 44.5 Å². The van der Waals surface area contributed by atoms with Gasteiger partial charge in [0.25, 0.3) is 0 Å². The zero-order chi connectivity index (χ0) is 32.4. The fourth-order valence-corrected chi connectivity index (χ4v) is 5.51. The summed E-state index contributed by atoms with van der Waals surface area (Å²) in [6.45, 7) is 3.85. The van der Waals surface area contributed by atoms with Crippen LogP contribution in [-0.4, -0.2) is 67.6 Å². The van der Waals surface area contributed by atoms with Crippen LogP contribution < -0.4 is 15.0 Å². The molecule has 0 bridgehead atoms. The Labute approximate surface area is 274 Å². The van der Waals surface area contributed by atoms with E-state index in [9.17, 15) is 15.0 Å². The van der Waals surface area contributed by atoms with Crippen molar-refractivity contribution in [2.24, 2.45) is 0 Å². The average Bonchev–Trinajstić information content (AvgIpc) is 3.05. The molecule has 45 heavy (non-hydrogen) atoms. The van der Waals surface area contributed by atoms with Gasteiger partial charge in [-0.25, -0.2) is 4.79 Å². The van der Waals surface area contributed by atoms with Crippen LogP contribution in [0, 0.1) is 0 Å². The minimum absolute atomic E-state index is 0.0786. The number of aliphatic hydroxyl groups is 1. The Hall–Kier alpha value is -3.31. The molecule has 0 radical (unpaired) electrons. The van der Waals surface area contributed by atoms with Crippen molar-refractivity contribution >= 4 is 34.7 Å². The third kappa shape index (κ3) is 9.59. The maximum Gasteiger partial charge on any atom is 0.335 e. The van der Waals surface area contributed by atoms with Crippen LogP contribution >= 0.6 is 23.2 Å². The molecule has 3 aromatic carbocycles. The first-order chi connectivity index (χ1) is 21.6. The summed E-state index contributed by atoms with van der Waals surface area (Å²) in [5, 5.41) is 21.6. The Morgan fingerprint density at radius 3 is 2.24 bits per heavy atom. The lowest BCUT2D eigenvalue weighted by atomic mass is 9.84. The summed E-state index contributed by atoms with van der Waals surface area (Å²) in [5.41, 5.74) is 5.96. The third-order valence-corrected chi connectivity index (χ3v) is 8.68. The lowest BCUT2D eigenvalue weighted by Gasteiger charge is -2.38. The van der Waals surface area contributed by atoms with Gasteiger partial charge in [-0.2, -0.15) is 0 Å². The van der Waals surface area contributed by atoms with E-state index >= 15 is 0 Å². The summed E-state index contributed by atoms with van der Waals surface area (Å²) in [6.07, 6.45) is 0.668. The fraction of sp³-hybridized carbons (Fsp3) is 0.382. The van der Waals surface area contributed by atoms with E-state index in [1.807, 2.05) is 48.5 Å². The number of likely N-dealkylation sites (tertiary alicyclic amines) is 1. The van der Waals surface area contributed by atoms with Crippen molar-refractivity contribution in [1.29, 1.82) is 0 Å². The summed E-state index contributed by atoms with van der Waals surface area (Å²) in [6, 6.07) is 20.6. The largest absolute Gasteiger partial charge is 0.497 e. The predicted molar refractivity (Wildman–Crippen MR) is 175 cm³/mol. The van der Waals surface area contributed by atoms with Crippen LogP contribution in [0.3, 0.4) is 0 Å². The second kappa shape index (κ2) is 16.3. The summed E-state index contributed by atoms with van der Waals surface area (Å²) in [4.78, 5) is 19.4. The number of nitrogens with one attached hydrogen (secondary N) is 1. The number of halogens is 2. The van der Waals surface area contributed by atoms with Gasteiger partial charge in [-0.05, 0) is 72.7 Å². The second-order valence-corrected chi connectivity index (χ2v) is 11.8. The maximum atomic E-state index is 11.5. The van der Waals surface area contributed by atoms with Gasteiger partial charge in [-0.1, -0.05) is 59.6 Å². The molecule has 3 N–H and O–H groups in total. The van der Waals surface area contributed by atoms with E-state index in [2.05, 4.69) is 10.4 Å². The zero-order valence-electron chi connectivity index (χ0n) is 25.7. The number of ether oxygens (including phenoxy) is 3. The Morgan fingerprint density at radius 2 is 1.64 bits per heavy atom. The highest BCUT2D eigenvalue weighted by Gasteiger charge is 2.33. The molecular weight excluding hydrogens is 619 g/mol. The number of rotatable bonds is 15. The molecule has 0 aromatic heterocycles. The number of benzene rings is 3. The molecule has 9 nitrogen and oxygen atoms in total. The number of methoxy groups -OCH3 is 2. The first kappa shape index (κ1) is 34.6. The molecular formula is C34H40Cl2N2O7. The number of hydroxylamine groups is 1. The number of hydrogen-bond donors (Lipinski definition) is 3. The Bertz CT molecular complexity index is 1440. The summed E-state index contributed by atoms with van der Waals surface area (Å²) in [7, 11) is 3.17. The summed E-state index contributed by atoms with van der Waals surface area (Å²) >= 11 is 12.7. The molecule has 0 aliphatic carbocycles. The highest BCUT2D eigenvalue weighted by Crippen LogP contribution is 2.34. The molecule has 1 unspecified atom stereocenters. The van der Waals surface area contributed by atoms with Gasteiger partial charge in [0.1, 0.15) is 11.5 Å². The van der Waals surface area contributed by atoms with Crippen molar-refractivity contribution in [2.75, 3.05) is 40.5 Å². The molecule has 1 heterocycles. The average molecular weight is 660 g/mol. The van der Waals surface area contributed by atoms with E-state index in [-0.39, 0.29) is 13.2 Å². The number of piperidine rings is 1. The van der Waals surface area contributed by atoms with Crippen LogP contribution in [0.2, 0.25) is 10.0 Å². The molecule has 0 spiro atoms. The van der Waals surface area contributed by atoms with Crippen molar-refractivity contribution in [1.82, 2.24) is 10.4 Å². The second-order valence-electron chi connectivity index (χ2n) is 11.0. The predicted octanol–water partition coefficient (Wildman–Crippen LogP) is 6.31. The standard InChI is InChI=1S/C34H40Cl2N2O7/c1-23(33(39)40)45-37-32(22-44-21-24-17-27(42-2)20-28(18-24)43-3)29(25-9-10-30(35)31(36)19-25)11-14-38-15-12-34(41,13-16-38)26-7-5-4-6-8-26/h4-10,17-20,23,37,41H,11-16,21-22H2,1-3H3,(H,39,40). The zero-order valence-corrected chi connectivity index (χ0v) is 27.2. The van der Waals surface area contributed by atoms with Gasteiger partial charge in [0.15, 0.2) is 6.10 Å². The lowest BCUT2D eigenvalue weighted by Crippen LogP contribution is -2.43. The van der Waals surface area contributed by atoms with Gasteiger partial charge in [-0.15, -0.1) is 0 Å². The van der Waals surface area contributed by atoms with E-state index in [1.54, 1.807) is 32.4 Å². The SMILES string of the molecule is COc1cc(COCC(NOC(C)C(=O)O)=C(CCN2CCC(O)(c3ccccc3)CC2)c2ccc(Cl)c(Cl)c2)cc(OC)c1. The Balaban J connectivity index is 1.57. The number of carbonyl (C=O) groups is 1. The smallest absolute Gasteiger partial charge is 0.335 e. The van der Waals surface area contributed by atoms with Crippen molar-refractivity contribution in [3.05, 3.63) is 99.2 Å². The van der Waals surface area contributed by atoms with Crippen molar-refractivity contribution < 1.29 is 34.1 Å². The number of aliphatic carboxylic acids is 1. The molecule has 3 aromatic rings. The van der Waals surface area contributed by atoms with Crippen LogP contribution in [0.25, 0.3) is 5.57 Å². The minimum atomic E-state index is -1.12. The first-order valence-corrected chi connectivity index (χ1v) is 15.5. The molecule has 4 rings (SSSR count). The van der Waals surface area contributed by atoms with Gasteiger partial charge >= 0.3 is 5.97 Å². The molecule has 1 saturated heterocycles. The topological polar surface area (TPSA) is 110 Å². The van der Waals surface area contributed by atoms with Crippen LogP contribution in [0.4, 0.5) is 0 Å². The molecule has 0 saturated carbocycles. The van der Waals surface area contributed by atoms with E-state index < -0.39 is 17.7 Å². The molecule has 11 heteroatoms. The minimum Gasteiger partial charge on any atom is -0.497 e. The van der Waals surface area contributed by atoms with Crippen LogP contribution in [-0.2, 0) is 26.6 Å². The normalized spacial score (nSPS) is 16.0. The lowest BCUT2D eigenvalue weighted by molar-refractivity contribution is -0.153. The molecule has 1 fully saturated rings. The van der Waals surface area contributed by atoms with Crippen molar-refractivity contribution in [3.63, 3.8) is 0 Å². The highest BCUT2D eigenvalue weighted by atomic mass is 35.5. The molecule has 1 aliphatic heterocycles. The van der Waals surface area contributed by atoms with E-state index in [0.717, 1.165) is 22.3 Å². The number of carboxylic acids is 1. The number of nitrogens with zero attached hydrogens (tertiary/aromatic N) is 1. The first-order valence-electron chi connectivity index (χ1n) is 14.7. The van der Waals surface area contributed by atoms with E-state index in [4.69, 9.17) is 42.3 Å². The van der Waals surface area contributed by atoms with Crippen LogP contribution in [0.5, 0.6) is 11.5 Å². The molecule has 1 atom stereocenters. The third-order valence-electron chi connectivity index (χ3n) is 7.94. The Kier molecular flexibility index (Phi) is 12.5. The van der Waals surface area contributed by atoms with Gasteiger partial charge in [0.05, 0.1) is 48.8 Å². The van der Waals surface area contributed by atoms with E-state index in [0.29, 0.717) is 66.1 Å². The van der Waals surface area contributed by atoms with E-state index in [1.165, 1.54) is 6.92 Å². The maximum absolute atomic E-state index is 11.5. The monoisotopic (exact) mass is 658 g/mol. The van der Waals surface area contributed by atoms with Crippen molar-refractivity contribution in [3.8, 4) is 11.5 Å². The number of carboxylic acid groups (broad SMARTS) is 1. The van der Waals surface area contributed by atoms with Gasteiger partial charge < -0.3 is 29.3 Å². The quantitative estimate of drug-likeness (QED) is 0.162. The fourth-order valence-electron chi connectivity index (χ4n) is 5.22.